The molecule has 0 bridgehead atoms. The van der Waals surface area contributed by atoms with Crippen LogP contribution >= 0.6 is 11.8 Å². The molecule has 31 heavy (non-hydrogen) atoms. The van der Waals surface area contributed by atoms with E-state index in [-0.39, 0.29) is 5.82 Å². The molecule has 1 heterocycles. The van der Waals surface area contributed by atoms with Gasteiger partial charge < -0.3 is 15.2 Å². The Labute approximate surface area is 188 Å². The molecule has 0 saturated carbocycles. The van der Waals surface area contributed by atoms with Crippen LogP contribution in [0.5, 0.6) is 0 Å². The third kappa shape index (κ3) is 6.85. The zero-order chi connectivity index (χ0) is 22.1. The number of benzene rings is 2. The van der Waals surface area contributed by atoms with E-state index in [1.54, 1.807) is 17.8 Å². The summed E-state index contributed by atoms with van der Waals surface area (Å²) in [6.07, 6.45) is 5.84. The number of hydrogen-bond donors (Lipinski definition) is 2. The van der Waals surface area contributed by atoms with Crippen molar-refractivity contribution in [2.45, 2.75) is 39.2 Å². The number of aryl methyl sites for hydroxylation is 1. The summed E-state index contributed by atoms with van der Waals surface area (Å²) in [5, 5.41) is 6.67. The topological polar surface area (TPSA) is 54.2 Å². The molecule has 0 aliphatic carbocycles. The Kier molecular flexibility index (Phi) is 8.53. The van der Waals surface area contributed by atoms with Gasteiger partial charge >= 0.3 is 0 Å². The summed E-state index contributed by atoms with van der Waals surface area (Å²) in [6.45, 7) is 6.79. The van der Waals surface area contributed by atoms with Crippen LogP contribution in [-0.2, 0) is 25.4 Å². The largest absolute Gasteiger partial charge is 0.357 e. The fraction of sp³-hybridized carbons (Fsp3) is 0.333. The number of guanidine groups is 1. The SMILES string of the molecule is CCNC(=NCc1cccc(Cn2ccnc2C)c1)NCc1ccc(F)cc1CSC. The predicted octanol–water partition coefficient (Wildman–Crippen LogP) is 4.50. The maximum Gasteiger partial charge on any atom is 0.191 e. The van der Waals surface area contributed by atoms with Crippen molar-refractivity contribution in [3.63, 3.8) is 0 Å². The molecule has 0 aliphatic heterocycles. The van der Waals surface area contributed by atoms with Crippen LogP contribution in [0, 0.1) is 12.7 Å². The molecule has 1 aromatic heterocycles. The lowest BCUT2D eigenvalue weighted by molar-refractivity contribution is 0.625. The van der Waals surface area contributed by atoms with Gasteiger partial charge in [-0.25, -0.2) is 14.4 Å². The van der Waals surface area contributed by atoms with E-state index in [1.807, 2.05) is 38.6 Å². The molecule has 0 radical (unpaired) electrons. The molecule has 3 aromatic rings. The lowest BCUT2D eigenvalue weighted by Gasteiger charge is -2.14. The van der Waals surface area contributed by atoms with Crippen LogP contribution in [0.25, 0.3) is 0 Å². The summed E-state index contributed by atoms with van der Waals surface area (Å²) in [6, 6.07) is 13.4. The minimum Gasteiger partial charge on any atom is -0.357 e. The molecule has 0 saturated heterocycles. The highest BCUT2D eigenvalue weighted by Gasteiger charge is 2.06. The van der Waals surface area contributed by atoms with Crippen molar-refractivity contribution >= 4 is 17.7 Å². The van der Waals surface area contributed by atoms with Gasteiger partial charge in [0.1, 0.15) is 11.6 Å². The number of aliphatic imine (C=N–C) groups is 1. The van der Waals surface area contributed by atoms with Crippen molar-refractivity contribution < 1.29 is 4.39 Å². The summed E-state index contributed by atoms with van der Waals surface area (Å²) in [5.74, 6) is 2.34. The first-order valence-electron chi connectivity index (χ1n) is 10.4. The number of nitrogens with zero attached hydrogens (tertiary/aromatic N) is 3. The third-order valence-electron chi connectivity index (χ3n) is 4.95. The molecule has 3 rings (SSSR count). The first-order chi connectivity index (χ1) is 15.1. The van der Waals surface area contributed by atoms with Gasteiger partial charge in [-0.2, -0.15) is 11.8 Å². The molecule has 0 unspecified atom stereocenters. The van der Waals surface area contributed by atoms with Crippen molar-refractivity contribution in [3.8, 4) is 0 Å². The Morgan fingerprint density at radius 2 is 1.97 bits per heavy atom. The number of rotatable bonds is 9. The van der Waals surface area contributed by atoms with Gasteiger partial charge in [0.15, 0.2) is 5.96 Å². The molecule has 0 atom stereocenters. The molecule has 0 spiro atoms. The quantitative estimate of drug-likeness (QED) is 0.381. The molecule has 0 aliphatic rings. The molecule has 0 amide bonds. The average Bonchev–Trinajstić information content (AvgIpc) is 3.16. The lowest BCUT2D eigenvalue weighted by Crippen LogP contribution is -2.37. The van der Waals surface area contributed by atoms with Gasteiger partial charge in [0.2, 0.25) is 0 Å². The van der Waals surface area contributed by atoms with E-state index >= 15 is 0 Å². The number of hydrogen-bond acceptors (Lipinski definition) is 3. The Hall–Kier alpha value is -2.80. The third-order valence-corrected chi connectivity index (χ3v) is 5.55. The van der Waals surface area contributed by atoms with Crippen LogP contribution in [0.3, 0.4) is 0 Å². The molecule has 2 aromatic carbocycles. The Morgan fingerprint density at radius 1 is 1.13 bits per heavy atom. The van der Waals surface area contributed by atoms with Crippen molar-refractivity contribution in [1.29, 1.82) is 0 Å². The van der Waals surface area contributed by atoms with E-state index in [0.29, 0.717) is 13.1 Å². The minimum absolute atomic E-state index is 0.195. The summed E-state index contributed by atoms with van der Waals surface area (Å²) >= 11 is 1.69. The van der Waals surface area contributed by atoms with Crippen molar-refractivity contribution in [1.82, 2.24) is 20.2 Å². The maximum absolute atomic E-state index is 13.6. The summed E-state index contributed by atoms with van der Waals surface area (Å²) in [4.78, 5) is 9.03. The molecule has 0 fully saturated rings. The normalized spacial score (nSPS) is 11.5. The van der Waals surface area contributed by atoms with E-state index in [9.17, 15) is 4.39 Å². The summed E-state index contributed by atoms with van der Waals surface area (Å²) < 4.78 is 15.7. The van der Waals surface area contributed by atoms with E-state index < -0.39 is 0 Å². The van der Waals surface area contributed by atoms with E-state index in [4.69, 9.17) is 4.99 Å². The van der Waals surface area contributed by atoms with E-state index in [2.05, 4.69) is 44.5 Å². The zero-order valence-corrected chi connectivity index (χ0v) is 19.2. The monoisotopic (exact) mass is 439 g/mol. The number of nitrogens with one attached hydrogen (secondary N) is 2. The predicted molar refractivity (Wildman–Crippen MR) is 128 cm³/mol. The van der Waals surface area contributed by atoms with Gasteiger partial charge in [-0.05, 0) is 54.5 Å². The number of aromatic nitrogens is 2. The highest BCUT2D eigenvalue weighted by Crippen LogP contribution is 2.16. The number of thioether (sulfide) groups is 1. The Balaban J connectivity index is 1.66. The lowest BCUT2D eigenvalue weighted by atomic mass is 10.1. The van der Waals surface area contributed by atoms with Crippen LogP contribution in [0.15, 0.2) is 59.9 Å². The molecular formula is C24H30FN5S. The smallest absolute Gasteiger partial charge is 0.191 e. The minimum atomic E-state index is -0.195. The molecule has 164 valence electrons. The van der Waals surface area contributed by atoms with Crippen LogP contribution in [-0.4, -0.2) is 28.3 Å². The second-order valence-corrected chi connectivity index (χ2v) is 8.18. The number of halogens is 1. The van der Waals surface area contributed by atoms with Gasteiger partial charge in [-0.1, -0.05) is 30.3 Å². The summed E-state index contributed by atoms with van der Waals surface area (Å²) in [7, 11) is 0. The van der Waals surface area contributed by atoms with Gasteiger partial charge in [-0.3, -0.25) is 0 Å². The van der Waals surface area contributed by atoms with Crippen LogP contribution in [0.1, 0.15) is 35.0 Å². The average molecular weight is 440 g/mol. The van der Waals surface area contributed by atoms with Gasteiger partial charge in [0, 0.05) is 37.8 Å². The number of imidazole rings is 1. The zero-order valence-electron chi connectivity index (χ0n) is 18.4. The fourth-order valence-corrected chi connectivity index (χ4v) is 3.92. The first kappa shape index (κ1) is 22.9. The van der Waals surface area contributed by atoms with Gasteiger partial charge in [-0.15, -0.1) is 0 Å². The second-order valence-electron chi connectivity index (χ2n) is 7.32. The van der Waals surface area contributed by atoms with E-state index in [1.165, 1.54) is 11.6 Å². The molecule has 5 nitrogen and oxygen atoms in total. The first-order valence-corrected chi connectivity index (χ1v) is 11.8. The fourth-order valence-electron chi connectivity index (χ4n) is 3.34. The van der Waals surface area contributed by atoms with E-state index in [0.717, 1.165) is 47.3 Å². The van der Waals surface area contributed by atoms with Gasteiger partial charge in [0.25, 0.3) is 0 Å². The highest BCUT2D eigenvalue weighted by atomic mass is 32.2. The second kappa shape index (κ2) is 11.6. The van der Waals surface area contributed by atoms with Crippen molar-refractivity contribution in [2.75, 3.05) is 12.8 Å². The van der Waals surface area contributed by atoms with Gasteiger partial charge in [0.05, 0.1) is 6.54 Å². The van der Waals surface area contributed by atoms with Crippen LogP contribution in [0.2, 0.25) is 0 Å². The molecule has 7 heteroatoms. The van der Waals surface area contributed by atoms with Crippen LogP contribution < -0.4 is 10.6 Å². The standard InChI is InChI=1S/C24H30FN5S/c1-4-26-24(29-15-21-8-9-23(25)13-22(21)17-31-3)28-14-19-6-5-7-20(12-19)16-30-11-10-27-18(30)2/h5-13H,4,14-17H2,1-3H3,(H2,26,28,29). The van der Waals surface area contributed by atoms with Crippen molar-refractivity contribution in [3.05, 3.63) is 88.8 Å². The summed E-state index contributed by atoms with van der Waals surface area (Å²) in [5.41, 5.74) is 4.47. The van der Waals surface area contributed by atoms with Crippen LogP contribution in [0.4, 0.5) is 4.39 Å². The maximum atomic E-state index is 13.6. The van der Waals surface area contributed by atoms with Crippen molar-refractivity contribution in [2.24, 2.45) is 4.99 Å². The highest BCUT2D eigenvalue weighted by molar-refractivity contribution is 7.97. The Bertz CT molecular complexity index is 1010. The Morgan fingerprint density at radius 3 is 2.71 bits per heavy atom. The molecule has 2 N–H and O–H groups in total. The molecular weight excluding hydrogens is 409 g/mol.